The lowest BCUT2D eigenvalue weighted by Crippen LogP contribution is -2.42. The highest BCUT2D eigenvalue weighted by Crippen LogP contribution is 2.42. The fourth-order valence-electron chi connectivity index (χ4n) is 8.04. The minimum Gasteiger partial charge on any atom is -0.497 e. The minimum absolute atomic E-state index is 0.00165. The highest BCUT2D eigenvalue weighted by atomic mass is 16.6. The van der Waals surface area contributed by atoms with Crippen molar-refractivity contribution in [2.45, 2.75) is 37.0 Å². The van der Waals surface area contributed by atoms with E-state index >= 15 is 0 Å². The molecule has 6 aromatic carbocycles. The number of aliphatic hydroxyl groups is 1. The summed E-state index contributed by atoms with van der Waals surface area (Å²) >= 11 is 0. The number of hydrogen-bond acceptors (Lipinski definition) is 8. The first-order valence-electron chi connectivity index (χ1n) is 21.1. The Balaban J connectivity index is 0.951. The average molecular weight is 844 g/mol. The molecule has 1 saturated heterocycles. The van der Waals surface area contributed by atoms with Gasteiger partial charge in [-0.05, 0) is 100 Å². The van der Waals surface area contributed by atoms with Gasteiger partial charge < -0.3 is 29.1 Å². The molecule has 1 N–H and O–H groups in total. The first-order chi connectivity index (χ1) is 30.6. The number of nitro groups is 1. The molecule has 1 heterocycles. The summed E-state index contributed by atoms with van der Waals surface area (Å²) in [6.07, 6.45) is 8.86. The van der Waals surface area contributed by atoms with Crippen LogP contribution in [0.3, 0.4) is 0 Å². The zero-order valence-corrected chi connectivity index (χ0v) is 35.9. The SMILES string of the molecule is COc1ccc(C(OC[C@@H]2C[C@@H](O)CN2C(=O)CCCN(C)c2ccc(/C=C/c3ccc(/C=C/c4ccc([N+](=O)[O-])cc4)cc3)cc2)(c2ccccc2)c2ccc(OC)cc2)cc1. The fraction of sp³-hybridized carbons (Fsp3) is 0.226. The summed E-state index contributed by atoms with van der Waals surface area (Å²) in [5, 5.41) is 21.8. The third kappa shape index (κ3) is 10.9. The van der Waals surface area contributed by atoms with Crippen molar-refractivity contribution < 1.29 is 29.0 Å². The number of amides is 1. The summed E-state index contributed by atoms with van der Waals surface area (Å²) in [4.78, 5) is 28.3. The predicted molar refractivity (Wildman–Crippen MR) is 251 cm³/mol. The number of β-amino-alcohol motifs (C(OH)–C–C–N with tert-alkyl or cyclic N) is 1. The molecule has 0 saturated carbocycles. The number of carbonyl (C=O) groups is 1. The van der Waals surface area contributed by atoms with E-state index in [-0.39, 0.29) is 30.8 Å². The van der Waals surface area contributed by atoms with E-state index in [1.165, 1.54) is 12.1 Å². The number of benzene rings is 6. The van der Waals surface area contributed by atoms with E-state index in [9.17, 15) is 20.0 Å². The van der Waals surface area contributed by atoms with E-state index in [0.717, 1.165) is 56.1 Å². The Kier molecular flexibility index (Phi) is 14.5. The topological polar surface area (TPSA) is 115 Å². The number of nitro benzene ring substituents is 1. The molecule has 10 nitrogen and oxygen atoms in total. The maximum absolute atomic E-state index is 13.9. The molecule has 0 unspecified atom stereocenters. The summed E-state index contributed by atoms with van der Waals surface area (Å²) < 4.78 is 18.1. The molecule has 1 fully saturated rings. The first kappa shape index (κ1) is 44.1. The number of likely N-dealkylation sites (tertiary alicyclic amines) is 1. The van der Waals surface area contributed by atoms with Crippen LogP contribution in [0.5, 0.6) is 11.5 Å². The number of carbonyl (C=O) groups excluding carboxylic acids is 1. The molecule has 0 radical (unpaired) electrons. The standard InChI is InChI=1S/C53H53N3O7/c1-54(46-27-19-41(20-28-46)17-15-39-11-13-40(14-12-39)16-18-42-21-29-47(30-22-42)56(59)60)35-7-10-52(58)55-37-49(57)36-48(55)38-63-53(43-8-5-4-6-9-43,44-23-31-50(61-2)32-24-44)45-25-33-51(62-3)34-26-45/h4-6,8-9,11-34,48-49,57H,7,10,35-38H2,1-3H3/b17-15+,18-16+/t48-,49+/m0/s1. The van der Waals surface area contributed by atoms with Gasteiger partial charge in [-0.25, -0.2) is 0 Å². The first-order valence-corrected chi connectivity index (χ1v) is 21.1. The third-order valence-electron chi connectivity index (χ3n) is 11.6. The van der Waals surface area contributed by atoms with Gasteiger partial charge in [0.25, 0.3) is 5.69 Å². The van der Waals surface area contributed by atoms with Crippen molar-refractivity contribution >= 4 is 41.6 Å². The molecule has 10 heteroatoms. The van der Waals surface area contributed by atoms with Gasteiger partial charge in [-0.15, -0.1) is 0 Å². The van der Waals surface area contributed by atoms with Gasteiger partial charge in [0.1, 0.15) is 17.1 Å². The number of nitrogens with zero attached hydrogens (tertiary/aromatic N) is 3. The van der Waals surface area contributed by atoms with Gasteiger partial charge in [0.05, 0.1) is 37.9 Å². The van der Waals surface area contributed by atoms with Crippen molar-refractivity contribution in [1.29, 1.82) is 0 Å². The van der Waals surface area contributed by atoms with E-state index in [2.05, 4.69) is 65.6 Å². The van der Waals surface area contributed by atoms with Gasteiger partial charge in [0.15, 0.2) is 0 Å². The van der Waals surface area contributed by atoms with Crippen molar-refractivity contribution in [3.05, 3.63) is 201 Å². The van der Waals surface area contributed by atoms with Crippen LogP contribution in [-0.2, 0) is 15.1 Å². The second-order valence-corrected chi connectivity index (χ2v) is 15.7. The van der Waals surface area contributed by atoms with Crippen LogP contribution in [0.2, 0.25) is 0 Å². The Morgan fingerprint density at radius 1 is 0.714 bits per heavy atom. The largest absolute Gasteiger partial charge is 0.497 e. The maximum Gasteiger partial charge on any atom is 0.269 e. The number of rotatable bonds is 18. The Labute approximate surface area is 369 Å². The van der Waals surface area contributed by atoms with Crippen LogP contribution < -0.4 is 14.4 Å². The van der Waals surface area contributed by atoms with E-state index in [1.807, 2.05) is 98.1 Å². The van der Waals surface area contributed by atoms with Gasteiger partial charge in [-0.3, -0.25) is 14.9 Å². The van der Waals surface area contributed by atoms with Crippen molar-refractivity contribution in [3.63, 3.8) is 0 Å². The Bertz CT molecular complexity index is 2420. The highest BCUT2D eigenvalue weighted by Gasteiger charge is 2.41. The van der Waals surface area contributed by atoms with Gasteiger partial charge in [0.2, 0.25) is 5.91 Å². The molecule has 0 bridgehead atoms. The molecular formula is C53H53N3O7. The molecule has 2 atom stereocenters. The Hall–Kier alpha value is -7.01. The number of aliphatic hydroxyl groups excluding tert-OH is 1. The number of methoxy groups -OCH3 is 2. The predicted octanol–water partition coefficient (Wildman–Crippen LogP) is 10.1. The zero-order valence-electron chi connectivity index (χ0n) is 35.9. The van der Waals surface area contributed by atoms with Crippen molar-refractivity contribution in [3.8, 4) is 11.5 Å². The highest BCUT2D eigenvalue weighted by molar-refractivity contribution is 5.77. The van der Waals surface area contributed by atoms with Crippen LogP contribution in [-0.4, -0.2) is 73.9 Å². The van der Waals surface area contributed by atoms with Crippen LogP contribution in [0.1, 0.15) is 58.2 Å². The van der Waals surface area contributed by atoms with Gasteiger partial charge >= 0.3 is 0 Å². The molecule has 1 aliphatic heterocycles. The second kappa shape index (κ2) is 20.7. The van der Waals surface area contributed by atoms with E-state index in [0.29, 0.717) is 25.8 Å². The molecule has 1 amide bonds. The lowest BCUT2D eigenvalue weighted by Gasteiger charge is -2.38. The summed E-state index contributed by atoms with van der Waals surface area (Å²) in [5.41, 5.74) is 6.91. The quantitative estimate of drug-likeness (QED) is 0.0394. The molecule has 63 heavy (non-hydrogen) atoms. The average Bonchev–Trinajstić information content (AvgIpc) is 3.71. The monoisotopic (exact) mass is 843 g/mol. The van der Waals surface area contributed by atoms with E-state index in [4.69, 9.17) is 14.2 Å². The molecular weight excluding hydrogens is 791 g/mol. The number of hydrogen-bond donors (Lipinski definition) is 1. The smallest absolute Gasteiger partial charge is 0.269 e. The normalized spacial score (nSPS) is 15.2. The lowest BCUT2D eigenvalue weighted by atomic mass is 9.80. The van der Waals surface area contributed by atoms with Crippen molar-refractivity contribution in [2.24, 2.45) is 0 Å². The van der Waals surface area contributed by atoms with Crippen LogP contribution in [0.25, 0.3) is 24.3 Å². The summed E-state index contributed by atoms with van der Waals surface area (Å²) in [5.74, 6) is 1.47. The number of non-ortho nitro benzene ring substituents is 1. The van der Waals surface area contributed by atoms with Crippen LogP contribution >= 0.6 is 0 Å². The molecule has 0 spiro atoms. The number of ether oxygens (including phenoxy) is 3. The summed E-state index contributed by atoms with van der Waals surface area (Å²) in [6, 6.07) is 48.5. The Morgan fingerprint density at radius 2 is 1.17 bits per heavy atom. The van der Waals surface area contributed by atoms with Crippen molar-refractivity contribution in [1.82, 2.24) is 4.90 Å². The Morgan fingerprint density at radius 3 is 1.65 bits per heavy atom. The molecule has 1 aliphatic rings. The van der Waals surface area contributed by atoms with E-state index < -0.39 is 16.6 Å². The van der Waals surface area contributed by atoms with Gasteiger partial charge in [-0.2, -0.15) is 0 Å². The number of anilines is 1. The van der Waals surface area contributed by atoms with E-state index in [1.54, 1.807) is 31.3 Å². The molecule has 7 rings (SSSR count). The maximum atomic E-state index is 13.9. The third-order valence-corrected chi connectivity index (χ3v) is 11.6. The lowest BCUT2D eigenvalue weighted by molar-refractivity contribution is -0.384. The minimum atomic E-state index is -1.03. The zero-order chi connectivity index (χ0) is 44.2. The molecule has 6 aromatic rings. The fourth-order valence-corrected chi connectivity index (χ4v) is 8.04. The molecule has 0 aromatic heterocycles. The van der Waals surface area contributed by atoms with Crippen LogP contribution in [0.4, 0.5) is 11.4 Å². The molecule has 322 valence electrons. The van der Waals surface area contributed by atoms with Crippen LogP contribution in [0, 0.1) is 10.1 Å². The summed E-state index contributed by atoms with van der Waals surface area (Å²) in [7, 11) is 5.32. The summed E-state index contributed by atoms with van der Waals surface area (Å²) in [6.45, 7) is 1.17. The van der Waals surface area contributed by atoms with Gasteiger partial charge in [-0.1, -0.05) is 115 Å². The van der Waals surface area contributed by atoms with Crippen LogP contribution in [0.15, 0.2) is 152 Å². The van der Waals surface area contributed by atoms with Gasteiger partial charge in [0, 0.05) is 44.4 Å². The molecule has 0 aliphatic carbocycles. The second-order valence-electron chi connectivity index (χ2n) is 15.7. The van der Waals surface area contributed by atoms with Crippen molar-refractivity contribution in [2.75, 3.05) is 45.9 Å².